The molecule has 1 saturated heterocycles. The van der Waals surface area contributed by atoms with Crippen LogP contribution in [-0.4, -0.2) is 54.9 Å². The van der Waals surface area contributed by atoms with Gasteiger partial charge in [0.25, 0.3) is 5.91 Å². The summed E-state index contributed by atoms with van der Waals surface area (Å²) < 4.78 is 26.9. The second kappa shape index (κ2) is 9.50. The Morgan fingerprint density at radius 2 is 1.71 bits per heavy atom. The molecule has 1 fully saturated rings. The van der Waals surface area contributed by atoms with Gasteiger partial charge in [-0.15, -0.1) is 0 Å². The summed E-state index contributed by atoms with van der Waals surface area (Å²) >= 11 is 13.5. The van der Waals surface area contributed by atoms with E-state index in [4.69, 9.17) is 23.2 Å². The summed E-state index contributed by atoms with van der Waals surface area (Å²) in [5.74, 6) is 0.412. The molecule has 0 bridgehead atoms. The number of rotatable bonds is 5. The Kier molecular flexibility index (Phi) is 6.93. The van der Waals surface area contributed by atoms with Crippen LogP contribution in [0.5, 0.6) is 0 Å². The number of sulfonamides is 1. The van der Waals surface area contributed by atoms with Gasteiger partial charge in [0.2, 0.25) is 10.0 Å². The summed E-state index contributed by atoms with van der Waals surface area (Å²) in [5, 5.41) is 1.63. The van der Waals surface area contributed by atoms with Gasteiger partial charge in [0.05, 0.1) is 21.5 Å². The maximum Gasteiger partial charge on any atom is 0.259 e. The van der Waals surface area contributed by atoms with E-state index in [1.54, 1.807) is 29.2 Å². The summed E-state index contributed by atoms with van der Waals surface area (Å²) in [6.07, 6.45) is 1.76. The van der Waals surface area contributed by atoms with Gasteiger partial charge >= 0.3 is 0 Å². The van der Waals surface area contributed by atoms with Crippen LogP contribution in [0.25, 0.3) is 0 Å². The molecule has 2 aliphatic heterocycles. The van der Waals surface area contributed by atoms with Crippen molar-refractivity contribution in [2.45, 2.75) is 23.5 Å². The van der Waals surface area contributed by atoms with Crippen molar-refractivity contribution in [1.29, 1.82) is 0 Å². The summed E-state index contributed by atoms with van der Waals surface area (Å²) in [6.45, 7) is 2.13. The molecule has 0 unspecified atom stereocenters. The number of thioether (sulfide) groups is 1. The monoisotopic (exact) mass is 497 g/mol. The number of carbonyl (C=O) groups excluding carboxylic acids is 1. The van der Waals surface area contributed by atoms with Crippen molar-refractivity contribution in [2.75, 3.05) is 26.2 Å². The third-order valence-electron chi connectivity index (χ3n) is 5.20. The van der Waals surface area contributed by atoms with Gasteiger partial charge in [-0.2, -0.15) is 4.31 Å². The minimum atomic E-state index is -3.50. The number of hydrogen-bond acceptors (Lipinski definition) is 5. The Morgan fingerprint density at radius 3 is 2.39 bits per heavy atom. The quantitative estimate of drug-likeness (QED) is 0.608. The van der Waals surface area contributed by atoms with E-state index in [9.17, 15) is 13.2 Å². The summed E-state index contributed by atoms with van der Waals surface area (Å²) in [5.41, 5.74) is 1.42. The Hall–Kier alpha value is -1.58. The average molecular weight is 498 g/mol. The first-order valence-electron chi connectivity index (χ1n) is 9.89. The van der Waals surface area contributed by atoms with Crippen LogP contribution in [0, 0.1) is 0 Å². The highest BCUT2D eigenvalue weighted by Crippen LogP contribution is 2.27. The topological polar surface area (TPSA) is 70.1 Å². The number of halogens is 2. The third kappa shape index (κ3) is 4.93. The van der Waals surface area contributed by atoms with Gasteiger partial charge in [-0.3, -0.25) is 14.7 Å². The van der Waals surface area contributed by atoms with E-state index in [1.165, 1.54) is 28.2 Å². The first kappa shape index (κ1) is 22.6. The van der Waals surface area contributed by atoms with E-state index >= 15 is 0 Å². The van der Waals surface area contributed by atoms with Crippen LogP contribution in [0.2, 0.25) is 10.0 Å². The molecular weight excluding hydrogens is 477 g/mol. The van der Waals surface area contributed by atoms with Gasteiger partial charge in [-0.05, 0) is 54.8 Å². The Balaban J connectivity index is 1.43. The molecule has 4 rings (SSSR count). The molecule has 2 aliphatic rings. The SMILES string of the molecule is O=C(c1ccc(S(=O)(=O)N2CCCC2)cc1)N1CCN=C1SCc1ccc(Cl)c(Cl)c1. The molecule has 2 heterocycles. The summed E-state index contributed by atoms with van der Waals surface area (Å²) in [4.78, 5) is 19.3. The van der Waals surface area contributed by atoms with Crippen LogP contribution in [0.15, 0.2) is 52.4 Å². The lowest BCUT2D eigenvalue weighted by Crippen LogP contribution is -2.33. The largest absolute Gasteiger partial charge is 0.286 e. The molecule has 0 aromatic heterocycles. The highest BCUT2D eigenvalue weighted by molar-refractivity contribution is 8.13. The van der Waals surface area contributed by atoms with Crippen molar-refractivity contribution in [2.24, 2.45) is 4.99 Å². The minimum absolute atomic E-state index is 0.192. The van der Waals surface area contributed by atoms with E-state index in [-0.39, 0.29) is 10.8 Å². The van der Waals surface area contributed by atoms with E-state index in [0.29, 0.717) is 52.7 Å². The van der Waals surface area contributed by atoms with Gasteiger partial charge in [0, 0.05) is 31.0 Å². The molecule has 0 aliphatic carbocycles. The number of nitrogens with zero attached hydrogens (tertiary/aromatic N) is 3. The fourth-order valence-electron chi connectivity index (χ4n) is 3.52. The van der Waals surface area contributed by atoms with Gasteiger partial charge in [-0.25, -0.2) is 8.42 Å². The van der Waals surface area contributed by atoms with Crippen LogP contribution < -0.4 is 0 Å². The fraction of sp³-hybridized carbons (Fsp3) is 0.333. The fourth-order valence-corrected chi connectivity index (χ4v) is 6.34. The average Bonchev–Trinajstić information content (AvgIpc) is 3.47. The molecule has 6 nitrogen and oxygen atoms in total. The molecule has 2 aromatic carbocycles. The van der Waals surface area contributed by atoms with Crippen molar-refractivity contribution >= 4 is 56.1 Å². The zero-order valence-corrected chi connectivity index (χ0v) is 19.8. The van der Waals surface area contributed by atoms with Gasteiger partial charge in [-0.1, -0.05) is 41.0 Å². The molecule has 0 saturated carbocycles. The van der Waals surface area contributed by atoms with E-state index in [1.807, 2.05) is 6.07 Å². The molecule has 0 spiro atoms. The van der Waals surface area contributed by atoms with Gasteiger partial charge in [0.15, 0.2) is 5.17 Å². The Morgan fingerprint density at radius 1 is 1.00 bits per heavy atom. The van der Waals surface area contributed by atoms with Crippen molar-refractivity contribution in [3.05, 3.63) is 63.6 Å². The highest BCUT2D eigenvalue weighted by Gasteiger charge is 2.29. The number of benzene rings is 2. The molecule has 1 amide bonds. The molecule has 0 atom stereocenters. The van der Waals surface area contributed by atoms with Crippen LogP contribution in [-0.2, 0) is 15.8 Å². The second-order valence-corrected chi connectivity index (χ2v) is 11.0. The van der Waals surface area contributed by atoms with Crippen molar-refractivity contribution < 1.29 is 13.2 Å². The first-order chi connectivity index (χ1) is 14.9. The van der Waals surface area contributed by atoms with Crippen LogP contribution in [0.1, 0.15) is 28.8 Å². The number of aliphatic imine (C=N–C) groups is 1. The van der Waals surface area contributed by atoms with Crippen LogP contribution >= 0.6 is 35.0 Å². The first-order valence-corrected chi connectivity index (χ1v) is 13.1. The highest BCUT2D eigenvalue weighted by atomic mass is 35.5. The van der Waals surface area contributed by atoms with Crippen LogP contribution in [0.3, 0.4) is 0 Å². The predicted octanol–water partition coefficient (Wildman–Crippen LogP) is 4.52. The van der Waals surface area contributed by atoms with Gasteiger partial charge in [0.1, 0.15) is 0 Å². The van der Waals surface area contributed by atoms with E-state index in [2.05, 4.69) is 4.99 Å². The van der Waals surface area contributed by atoms with E-state index < -0.39 is 10.0 Å². The maximum atomic E-state index is 13.0. The lowest BCUT2D eigenvalue weighted by Gasteiger charge is -2.19. The number of amides is 1. The minimum Gasteiger partial charge on any atom is -0.286 e. The van der Waals surface area contributed by atoms with Crippen LogP contribution in [0.4, 0.5) is 0 Å². The maximum absolute atomic E-state index is 13.0. The third-order valence-corrected chi connectivity index (χ3v) is 8.94. The smallest absolute Gasteiger partial charge is 0.259 e. The molecular formula is C21H21Cl2N3O3S2. The number of carbonyl (C=O) groups is 1. The zero-order valence-electron chi connectivity index (χ0n) is 16.6. The molecule has 31 heavy (non-hydrogen) atoms. The molecule has 164 valence electrons. The Labute approximate surface area is 196 Å². The molecule has 2 aromatic rings. The van der Waals surface area contributed by atoms with Crippen molar-refractivity contribution in [3.63, 3.8) is 0 Å². The Bertz CT molecular complexity index is 1120. The lowest BCUT2D eigenvalue weighted by molar-refractivity contribution is 0.0860. The zero-order chi connectivity index (χ0) is 22.0. The summed E-state index contributed by atoms with van der Waals surface area (Å²) in [7, 11) is -3.50. The van der Waals surface area contributed by atoms with Gasteiger partial charge < -0.3 is 0 Å². The predicted molar refractivity (Wildman–Crippen MR) is 126 cm³/mol. The van der Waals surface area contributed by atoms with Crippen molar-refractivity contribution in [1.82, 2.24) is 9.21 Å². The number of hydrogen-bond donors (Lipinski definition) is 0. The lowest BCUT2D eigenvalue weighted by atomic mass is 10.2. The molecule has 0 radical (unpaired) electrons. The molecule has 10 heteroatoms. The number of amidine groups is 1. The normalized spacial score (nSPS) is 17.2. The second-order valence-electron chi connectivity index (χ2n) is 7.29. The standard InChI is InChI=1S/C21H21Cl2N3O3S2/c22-18-8-3-15(13-19(18)23)14-30-21-24-9-12-26(21)20(27)16-4-6-17(7-5-16)31(28,29)25-10-1-2-11-25/h3-8,13H,1-2,9-12,14H2. The van der Waals surface area contributed by atoms with E-state index in [0.717, 1.165) is 18.4 Å². The molecule has 0 N–H and O–H groups in total. The summed E-state index contributed by atoms with van der Waals surface area (Å²) in [6, 6.07) is 11.6. The van der Waals surface area contributed by atoms with Crippen molar-refractivity contribution in [3.8, 4) is 0 Å².